The van der Waals surface area contributed by atoms with E-state index in [2.05, 4.69) is 17.4 Å². The predicted octanol–water partition coefficient (Wildman–Crippen LogP) is 1.35. The maximum atomic E-state index is 11.6. The van der Waals surface area contributed by atoms with Gasteiger partial charge in [0.25, 0.3) is 0 Å². The normalized spacial score (nSPS) is 27.2. The molecule has 2 atom stereocenters. The van der Waals surface area contributed by atoms with E-state index in [0.29, 0.717) is 0 Å². The highest BCUT2D eigenvalue weighted by Crippen LogP contribution is 2.50. The van der Waals surface area contributed by atoms with Gasteiger partial charge in [-0.2, -0.15) is 0 Å². The Labute approximate surface area is 111 Å². The molecule has 1 fully saturated rings. The minimum absolute atomic E-state index is 0.109. The van der Waals surface area contributed by atoms with Crippen LogP contribution in [0.1, 0.15) is 30.0 Å². The average molecular weight is 264 g/mol. The molecule has 1 heterocycles. The Morgan fingerprint density at radius 3 is 2.78 bits per heavy atom. The van der Waals surface area contributed by atoms with Gasteiger partial charge in [0.15, 0.2) is 4.90 Å². The molecule has 1 aromatic rings. The van der Waals surface area contributed by atoms with Gasteiger partial charge in [0.2, 0.25) is 0 Å². The van der Waals surface area contributed by atoms with Gasteiger partial charge in [-0.1, -0.05) is 6.07 Å². The summed E-state index contributed by atoms with van der Waals surface area (Å²) < 4.78 is 11.6. The van der Waals surface area contributed by atoms with E-state index in [1.165, 1.54) is 11.1 Å². The molecule has 3 nitrogen and oxygen atoms in total. The predicted molar refractivity (Wildman–Crippen MR) is 73.9 cm³/mol. The van der Waals surface area contributed by atoms with Crippen molar-refractivity contribution in [2.75, 3.05) is 19.3 Å². The van der Waals surface area contributed by atoms with Crippen molar-refractivity contribution < 1.29 is 4.55 Å². The number of nitrogens with one attached hydrogen (secondary N) is 1. The number of fused-ring (bicyclic) bond motifs is 1. The van der Waals surface area contributed by atoms with Crippen LogP contribution < -0.4 is 11.1 Å². The summed E-state index contributed by atoms with van der Waals surface area (Å²) in [5.41, 5.74) is 9.32. The number of piperidine rings is 1. The number of rotatable bonds is 1. The lowest BCUT2D eigenvalue weighted by molar-refractivity contribution is 0.174. The van der Waals surface area contributed by atoms with Crippen molar-refractivity contribution in [2.45, 2.75) is 30.2 Å². The van der Waals surface area contributed by atoms with Crippen molar-refractivity contribution in [2.24, 2.45) is 11.1 Å². The van der Waals surface area contributed by atoms with Crippen molar-refractivity contribution >= 4 is 11.2 Å². The highest BCUT2D eigenvalue weighted by atomic mass is 32.2. The molecule has 1 spiro atoms. The molecule has 1 saturated heterocycles. The third-order valence-electron chi connectivity index (χ3n) is 4.59. The Hall–Kier alpha value is -0.550. The summed E-state index contributed by atoms with van der Waals surface area (Å²) in [6.07, 6.45) is 5.10. The minimum Gasteiger partial charge on any atom is -0.612 e. The lowest BCUT2D eigenvalue weighted by Crippen LogP contribution is -2.42. The molecule has 18 heavy (non-hydrogen) atoms. The van der Waals surface area contributed by atoms with E-state index < -0.39 is 11.2 Å². The zero-order valence-corrected chi connectivity index (χ0v) is 11.6. The molecule has 1 aromatic carbocycles. The Morgan fingerprint density at radius 1 is 1.39 bits per heavy atom. The van der Waals surface area contributed by atoms with E-state index in [1.807, 2.05) is 6.07 Å². The Kier molecular flexibility index (Phi) is 3.14. The molecule has 0 bridgehead atoms. The summed E-state index contributed by atoms with van der Waals surface area (Å²) in [5, 5.41) is 3.41. The number of benzene rings is 1. The van der Waals surface area contributed by atoms with E-state index in [9.17, 15) is 4.55 Å². The van der Waals surface area contributed by atoms with Crippen LogP contribution in [0.4, 0.5) is 0 Å². The lowest BCUT2D eigenvalue weighted by atomic mass is 9.73. The van der Waals surface area contributed by atoms with E-state index in [1.54, 1.807) is 6.26 Å². The Balaban J connectivity index is 1.96. The molecule has 0 saturated carbocycles. The summed E-state index contributed by atoms with van der Waals surface area (Å²) in [7, 11) is 0. The molecule has 2 aliphatic rings. The van der Waals surface area contributed by atoms with E-state index in [0.717, 1.165) is 37.2 Å². The van der Waals surface area contributed by atoms with Crippen LogP contribution in [0, 0.1) is 5.41 Å². The smallest absolute Gasteiger partial charge is 0.152 e. The van der Waals surface area contributed by atoms with Gasteiger partial charge in [0.1, 0.15) is 6.26 Å². The maximum Gasteiger partial charge on any atom is 0.152 e. The quantitative estimate of drug-likeness (QED) is 0.753. The molecule has 0 aromatic heterocycles. The zero-order chi connectivity index (χ0) is 12.8. The fourth-order valence-electron chi connectivity index (χ4n) is 3.43. The zero-order valence-electron chi connectivity index (χ0n) is 10.7. The van der Waals surface area contributed by atoms with Gasteiger partial charge < -0.3 is 15.6 Å². The monoisotopic (exact) mass is 264 g/mol. The largest absolute Gasteiger partial charge is 0.612 e. The van der Waals surface area contributed by atoms with Crippen LogP contribution in [0.15, 0.2) is 23.1 Å². The van der Waals surface area contributed by atoms with E-state index in [-0.39, 0.29) is 11.5 Å². The van der Waals surface area contributed by atoms with Crippen LogP contribution in [-0.4, -0.2) is 23.9 Å². The van der Waals surface area contributed by atoms with Crippen LogP contribution in [0.25, 0.3) is 0 Å². The van der Waals surface area contributed by atoms with Crippen molar-refractivity contribution in [1.29, 1.82) is 0 Å². The second kappa shape index (κ2) is 4.53. The third-order valence-corrected chi connectivity index (χ3v) is 5.50. The first-order valence-electron chi connectivity index (χ1n) is 6.55. The SMILES string of the molecule is C[S+]([O-])c1ccc2c(c1)[C@@H](N)C1(CCNCC1)C2. The Morgan fingerprint density at radius 2 is 2.11 bits per heavy atom. The van der Waals surface area contributed by atoms with Crippen molar-refractivity contribution in [3.63, 3.8) is 0 Å². The van der Waals surface area contributed by atoms with Gasteiger partial charge >= 0.3 is 0 Å². The standard InChI is InChI=1S/C14H20N2OS/c1-18(17)11-3-2-10-9-14(4-6-16-7-5-14)13(15)12(10)8-11/h2-3,8,13,16H,4-7,9,15H2,1H3/t13-,18?/m1/s1. The molecule has 1 aliphatic heterocycles. The minimum atomic E-state index is -0.921. The van der Waals surface area contributed by atoms with Gasteiger partial charge in [-0.15, -0.1) is 0 Å². The van der Waals surface area contributed by atoms with Gasteiger partial charge in [-0.05, 0) is 72.2 Å². The molecular formula is C14H20N2OS. The number of hydrogen-bond acceptors (Lipinski definition) is 3. The molecule has 98 valence electrons. The van der Waals surface area contributed by atoms with Crippen LogP contribution in [0.3, 0.4) is 0 Å². The first kappa shape index (κ1) is 12.5. The summed E-state index contributed by atoms with van der Waals surface area (Å²) in [5.74, 6) is 0. The van der Waals surface area contributed by atoms with Crippen LogP contribution in [-0.2, 0) is 17.6 Å². The van der Waals surface area contributed by atoms with Gasteiger partial charge in [-0.25, -0.2) is 0 Å². The fourth-order valence-corrected chi connectivity index (χ4v) is 3.99. The molecule has 3 rings (SSSR count). The Bertz CT molecular complexity index is 455. The summed E-state index contributed by atoms with van der Waals surface area (Å²) in [4.78, 5) is 0.898. The molecule has 0 amide bonds. The van der Waals surface area contributed by atoms with Crippen LogP contribution in [0.2, 0.25) is 0 Å². The summed E-state index contributed by atoms with van der Waals surface area (Å²) >= 11 is -0.921. The molecule has 1 aliphatic carbocycles. The number of hydrogen-bond donors (Lipinski definition) is 2. The van der Waals surface area contributed by atoms with Crippen LogP contribution in [0.5, 0.6) is 0 Å². The van der Waals surface area contributed by atoms with E-state index >= 15 is 0 Å². The average Bonchev–Trinajstić information content (AvgIpc) is 2.63. The summed E-state index contributed by atoms with van der Waals surface area (Å²) in [6.45, 7) is 2.13. The highest BCUT2D eigenvalue weighted by molar-refractivity contribution is 7.90. The lowest BCUT2D eigenvalue weighted by Gasteiger charge is -2.37. The second-order valence-electron chi connectivity index (χ2n) is 5.58. The topological polar surface area (TPSA) is 61.1 Å². The van der Waals surface area contributed by atoms with Gasteiger partial charge in [-0.3, -0.25) is 0 Å². The van der Waals surface area contributed by atoms with Crippen LogP contribution >= 0.6 is 0 Å². The number of nitrogens with two attached hydrogens (primary N) is 1. The van der Waals surface area contributed by atoms with Crippen molar-refractivity contribution in [3.05, 3.63) is 29.3 Å². The fraction of sp³-hybridized carbons (Fsp3) is 0.571. The highest BCUT2D eigenvalue weighted by Gasteiger charge is 2.44. The van der Waals surface area contributed by atoms with Crippen molar-refractivity contribution in [3.8, 4) is 0 Å². The molecule has 0 radical (unpaired) electrons. The molecule has 1 unspecified atom stereocenters. The first-order chi connectivity index (χ1) is 8.62. The maximum absolute atomic E-state index is 11.6. The second-order valence-corrected chi connectivity index (χ2v) is 6.96. The molecular weight excluding hydrogens is 244 g/mol. The third kappa shape index (κ3) is 1.88. The molecule has 4 heteroatoms. The van der Waals surface area contributed by atoms with E-state index in [4.69, 9.17) is 5.73 Å². The molecule has 3 N–H and O–H groups in total. The summed E-state index contributed by atoms with van der Waals surface area (Å²) in [6, 6.07) is 6.29. The first-order valence-corrected chi connectivity index (χ1v) is 8.11. The van der Waals surface area contributed by atoms with Crippen molar-refractivity contribution in [1.82, 2.24) is 5.32 Å². The van der Waals surface area contributed by atoms with Gasteiger partial charge in [0.05, 0.1) is 0 Å². The van der Waals surface area contributed by atoms with Gasteiger partial charge in [0, 0.05) is 6.04 Å².